The van der Waals surface area contributed by atoms with Gasteiger partial charge < -0.3 is 140 Å². The third kappa shape index (κ3) is 39.2. The minimum absolute atomic E-state index is 0.0124. The van der Waals surface area contributed by atoms with Crippen LogP contribution in [0.1, 0.15) is 131 Å². The van der Waals surface area contributed by atoms with E-state index in [1.807, 2.05) is 6.26 Å². The van der Waals surface area contributed by atoms with E-state index >= 15 is 0 Å². The van der Waals surface area contributed by atoms with Crippen molar-refractivity contribution in [2.75, 3.05) is 50.5 Å². The number of thiol groups is 1. The molecule has 17 atom stereocenters. The summed E-state index contributed by atoms with van der Waals surface area (Å²) in [6.45, 7) is 8.23. The molecule has 0 saturated carbocycles. The number of carbonyl (C=O) groups is 19. The minimum Gasteiger partial charge on any atom is -0.480 e. The van der Waals surface area contributed by atoms with Crippen molar-refractivity contribution in [3.05, 3.63) is 35.9 Å². The Labute approximate surface area is 714 Å². The monoisotopic (exact) mass is 1760 g/mol. The summed E-state index contributed by atoms with van der Waals surface area (Å²) in [5, 5.41) is 84.4. The Bertz CT molecular complexity index is 3830. The number of likely N-dealkylation sites (tertiary alicyclic amines) is 1. The van der Waals surface area contributed by atoms with Crippen molar-refractivity contribution in [2.24, 2.45) is 46.2 Å². The minimum atomic E-state index is -1.91. The molecule has 0 unspecified atom stereocenters. The number of aliphatic hydroxyl groups excluding tert-OH is 2. The molecule has 18 amide bonds. The summed E-state index contributed by atoms with van der Waals surface area (Å²) < 4.78 is 0. The molecule has 1 saturated heterocycles. The molecule has 49 heteroatoms. The van der Waals surface area contributed by atoms with E-state index in [2.05, 4.69) is 97.7 Å². The fourth-order valence-electron chi connectivity index (χ4n) is 12.0. The first-order chi connectivity index (χ1) is 57.2. The maximum atomic E-state index is 14.6. The van der Waals surface area contributed by atoms with Crippen LogP contribution in [0, 0.1) is 22.7 Å². The predicted octanol–water partition coefficient (Wildman–Crippen LogP) is -10.6. The largest absolute Gasteiger partial charge is 0.480 e. The molecule has 1 heterocycles. The zero-order valence-corrected chi connectivity index (χ0v) is 71.0. The summed E-state index contributed by atoms with van der Waals surface area (Å²) in [7, 11) is 0. The number of thioether (sulfide) groups is 1. The number of aliphatic hydroxyl groups is 2. The quantitative estimate of drug-likeness (QED) is 0.0125. The first-order valence-electron chi connectivity index (χ1n) is 39.2. The Morgan fingerprint density at radius 3 is 1.40 bits per heavy atom. The Balaban J connectivity index is 2.41. The van der Waals surface area contributed by atoms with Gasteiger partial charge in [0.2, 0.25) is 106 Å². The molecule has 2 rings (SSSR count). The van der Waals surface area contributed by atoms with Crippen molar-refractivity contribution < 1.29 is 106 Å². The molecule has 0 aromatic heterocycles. The summed E-state index contributed by atoms with van der Waals surface area (Å²) in [5.41, 5.74) is 33.8. The molecule has 1 fully saturated rings. The van der Waals surface area contributed by atoms with E-state index in [1.54, 1.807) is 51.1 Å². The summed E-state index contributed by atoms with van der Waals surface area (Å²) in [4.78, 5) is 258. The Morgan fingerprint density at radius 1 is 0.500 bits per heavy atom. The highest BCUT2D eigenvalue weighted by atomic mass is 32.2. The highest BCUT2D eigenvalue weighted by Gasteiger charge is 2.43. The van der Waals surface area contributed by atoms with Gasteiger partial charge in [0.15, 0.2) is 11.9 Å². The normalized spacial score (nSPS) is 16.2. The van der Waals surface area contributed by atoms with Gasteiger partial charge in [-0.05, 0) is 102 Å². The number of rotatable bonds is 56. The molecule has 33 N–H and O–H groups in total. The van der Waals surface area contributed by atoms with Crippen LogP contribution in [-0.2, 0) is 97.5 Å². The van der Waals surface area contributed by atoms with E-state index in [0.717, 1.165) is 18.7 Å². The fraction of sp³-hybridized carbons (Fsp3) is 0.630. The average Bonchev–Trinajstić information content (AvgIpc) is 1.66. The topological polar surface area (TPSA) is 785 Å². The highest BCUT2D eigenvalue weighted by Crippen LogP contribution is 2.21. The second-order valence-electron chi connectivity index (χ2n) is 29.5. The summed E-state index contributed by atoms with van der Waals surface area (Å²) in [5.74, 6) is -22.2. The zero-order valence-electron chi connectivity index (χ0n) is 69.3. The smallest absolute Gasteiger partial charge is 0.327 e. The van der Waals surface area contributed by atoms with Crippen molar-refractivity contribution in [2.45, 2.75) is 229 Å². The molecular formula is C73H121N25O22S2. The number of carbonyl (C=O) groups excluding carboxylic acids is 18. The van der Waals surface area contributed by atoms with Gasteiger partial charge in [-0.1, -0.05) is 64.4 Å². The van der Waals surface area contributed by atoms with E-state index < -0.39 is 265 Å². The standard InChI is InChI=1S/C73H121N25O22S2/c1-9-35(4)55(69(117)93-47(30-52(77)103)65(113)90-44(27-39-16-11-10-12-17-39)63(111)91-45(28-50(75)101)66(114)94-48(33-121)71(119)120)97-62(110)42(19-14-23-83-73(80)81)87-58(106)36(5)86-61(109)41(18-13-22-82-72(78)79)88-64(112)46(29-51(76)102)92-67(115)49-20-15-24-98(49)70(118)57(38(7)100)96-54(105)32-85-68(116)56(37(6)99)95-53(104)31-84-60(108)43(26-34(2)3)89-59(107)40(74)21-25-122-8/h10-12,16-17,34-38,40-49,55-57,99-100,121H,9,13-15,18-33,74H2,1-8H3,(H2,75,101)(H2,76,102)(H2,77,103)(H,84,108)(H,85,116)(H,86,109)(H,87,106)(H,88,112)(H,89,107)(H,90,113)(H,91,111)(H,92,115)(H,93,117)(H,94,114)(H,95,104)(H,96,105)(H,97,110)(H,119,120)(H4,78,79,82)(H4,80,81,83)/t35-,36+,37-,38-,40+,41+,42+,43+,44+,45+,46+,47+,48+,49+,55+,56+,57+/m1/s1. The van der Waals surface area contributed by atoms with Crippen LogP contribution in [-0.4, -0.2) is 292 Å². The number of benzene rings is 1. The molecule has 0 radical (unpaired) electrons. The molecule has 1 aromatic rings. The Kier molecular flexibility index (Phi) is 47.5. The Hall–Kier alpha value is -11.7. The molecule has 0 spiro atoms. The van der Waals surface area contributed by atoms with E-state index in [1.165, 1.54) is 25.6 Å². The molecular weight excluding hydrogens is 1640 g/mol. The first-order valence-corrected chi connectivity index (χ1v) is 41.3. The predicted molar refractivity (Wildman–Crippen MR) is 444 cm³/mol. The number of amides is 18. The number of guanidine groups is 2. The maximum Gasteiger partial charge on any atom is 0.327 e. The number of carboxylic acids is 1. The van der Waals surface area contributed by atoms with Gasteiger partial charge in [-0.15, -0.1) is 0 Å². The van der Waals surface area contributed by atoms with Crippen LogP contribution in [0.3, 0.4) is 0 Å². The van der Waals surface area contributed by atoms with Crippen LogP contribution in [0.25, 0.3) is 0 Å². The van der Waals surface area contributed by atoms with Crippen LogP contribution in [0.15, 0.2) is 30.3 Å². The zero-order chi connectivity index (χ0) is 92.4. The third-order valence-electron chi connectivity index (χ3n) is 18.7. The summed E-state index contributed by atoms with van der Waals surface area (Å²) in [6, 6.07) is -14.4. The number of nitrogens with one attached hydrogen (secondary N) is 18. The second-order valence-corrected chi connectivity index (χ2v) is 30.8. The number of hydrogen-bond acceptors (Lipinski definition) is 26. The van der Waals surface area contributed by atoms with Crippen molar-refractivity contribution >= 4 is 149 Å². The van der Waals surface area contributed by atoms with Crippen LogP contribution in [0.5, 0.6) is 0 Å². The van der Waals surface area contributed by atoms with E-state index in [0.29, 0.717) is 17.7 Å². The summed E-state index contributed by atoms with van der Waals surface area (Å²) in [6.07, 6.45) is -4.40. The SMILES string of the molecule is CC[C@@H](C)[C@H](NC(=O)[C@H](CCCNC(=N)N)NC(=O)[C@H](C)NC(=O)[C@H](CCCNC(=N)N)NC(=O)[C@H](CC(N)=O)NC(=O)[C@@H]1CCCN1C(=O)[C@@H](NC(=O)CNC(=O)[C@@H](NC(=O)CNC(=O)[C@H](CC(C)C)NC(=O)[C@@H](N)CCSC)[C@@H](C)O)[C@@H](C)O)C(=O)N[C@@H](CC(N)=O)C(=O)N[C@@H](Cc1ccccc1)C(=O)N[C@@H](CC(N)=O)C(=O)N[C@@H](CS)C(=O)O. The van der Waals surface area contributed by atoms with E-state index in [-0.39, 0.29) is 83.3 Å². The first kappa shape index (κ1) is 106. The van der Waals surface area contributed by atoms with Gasteiger partial charge >= 0.3 is 5.97 Å². The van der Waals surface area contributed by atoms with Crippen LogP contribution in [0.2, 0.25) is 0 Å². The second kappa shape index (κ2) is 54.5. The van der Waals surface area contributed by atoms with Crippen molar-refractivity contribution in [1.82, 2.24) is 90.0 Å². The number of hydrogen-bond donors (Lipinski definition) is 28. The van der Waals surface area contributed by atoms with Gasteiger partial charge in [-0.2, -0.15) is 24.4 Å². The summed E-state index contributed by atoms with van der Waals surface area (Å²) >= 11 is 5.39. The Morgan fingerprint density at radius 2 is 0.934 bits per heavy atom. The number of nitrogens with two attached hydrogens (primary N) is 6. The molecule has 47 nitrogen and oxygen atoms in total. The lowest BCUT2D eigenvalue weighted by molar-refractivity contribution is -0.144. The maximum absolute atomic E-state index is 14.6. The molecule has 1 aliphatic rings. The molecule has 1 aliphatic heterocycles. The molecule has 1 aromatic carbocycles. The average molecular weight is 1770 g/mol. The van der Waals surface area contributed by atoms with Crippen LogP contribution >= 0.6 is 24.4 Å². The van der Waals surface area contributed by atoms with Crippen molar-refractivity contribution in [3.63, 3.8) is 0 Å². The van der Waals surface area contributed by atoms with Crippen molar-refractivity contribution in [3.8, 4) is 0 Å². The number of aliphatic carboxylic acids is 1. The lowest BCUT2D eigenvalue weighted by atomic mass is 9.96. The van der Waals surface area contributed by atoms with Crippen LogP contribution in [0.4, 0.5) is 0 Å². The lowest BCUT2D eigenvalue weighted by Gasteiger charge is -2.31. The number of carboxylic acid groups (broad SMARTS) is 1. The van der Waals surface area contributed by atoms with Gasteiger partial charge in [0, 0.05) is 31.8 Å². The van der Waals surface area contributed by atoms with E-state index in [9.17, 15) is 106 Å². The van der Waals surface area contributed by atoms with Crippen LogP contribution < -0.4 is 119 Å². The van der Waals surface area contributed by atoms with Gasteiger partial charge in [0.05, 0.1) is 50.6 Å². The lowest BCUT2D eigenvalue weighted by Crippen LogP contribution is -2.62. The van der Waals surface area contributed by atoms with Gasteiger partial charge in [-0.3, -0.25) is 97.1 Å². The fourth-order valence-corrected chi connectivity index (χ4v) is 12.7. The number of nitrogens with zero attached hydrogens (tertiary/aromatic N) is 1. The van der Waals surface area contributed by atoms with Gasteiger partial charge in [-0.25, -0.2) is 4.79 Å². The molecule has 0 bridgehead atoms. The highest BCUT2D eigenvalue weighted by molar-refractivity contribution is 7.98. The molecule has 682 valence electrons. The van der Waals surface area contributed by atoms with Gasteiger partial charge in [0.25, 0.3) is 0 Å². The van der Waals surface area contributed by atoms with E-state index in [4.69, 9.17) is 45.2 Å². The molecule has 0 aliphatic carbocycles. The van der Waals surface area contributed by atoms with Gasteiger partial charge in [0.1, 0.15) is 78.5 Å². The third-order valence-corrected chi connectivity index (χ3v) is 19.8. The molecule has 122 heavy (non-hydrogen) atoms. The van der Waals surface area contributed by atoms with Crippen molar-refractivity contribution in [1.29, 1.82) is 10.8 Å². The number of primary amides is 3.